The molecule has 6 heteroatoms. The number of aliphatic carboxylic acids is 1. The van der Waals surface area contributed by atoms with Crippen molar-refractivity contribution in [1.29, 1.82) is 0 Å². The molecular formula is C14H18N2O4. The van der Waals surface area contributed by atoms with Gasteiger partial charge in [-0.15, -0.1) is 0 Å². The third-order valence-electron chi connectivity index (χ3n) is 3.74. The molecule has 1 heterocycles. The first-order valence-corrected chi connectivity index (χ1v) is 6.64. The number of hydrogen-bond acceptors (Lipinski definition) is 4. The van der Waals surface area contributed by atoms with Crippen LogP contribution in [0.15, 0.2) is 18.2 Å². The maximum absolute atomic E-state index is 11.4. The second-order valence-corrected chi connectivity index (χ2v) is 5.46. The lowest BCUT2D eigenvalue weighted by molar-refractivity contribution is -0.384. The number of rotatable bonds is 3. The molecule has 1 aromatic carbocycles. The maximum atomic E-state index is 11.4. The first-order valence-electron chi connectivity index (χ1n) is 6.64. The Hall–Kier alpha value is -2.11. The molecule has 0 amide bonds. The minimum atomic E-state index is -0.874. The quantitative estimate of drug-likeness (QED) is 0.678. The highest BCUT2D eigenvalue weighted by Crippen LogP contribution is 2.31. The average molecular weight is 278 g/mol. The van der Waals surface area contributed by atoms with E-state index >= 15 is 0 Å². The summed E-state index contributed by atoms with van der Waals surface area (Å²) in [6.45, 7) is 4.42. The van der Waals surface area contributed by atoms with E-state index in [9.17, 15) is 20.0 Å². The van der Waals surface area contributed by atoms with Gasteiger partial charge in [-0.3, -0.25) is 10.1 Å². The van der Waals surface area contributed by atoms with Crippen LogP contribution in [-0.4, -0.2) is 28.6 Å². The van der Waals surface area contributed by atoms with Crippen molar-refractivity contribution >= 4 is 17.3 Å². The van der Waals surface area contributed by atoms with Crippen molar-refractivity contribution in [1.82, 2.24) is 0 Å². The van der Waals surface area contributed by atoms with Crippen LogP contribution in [0.25, 0.3) is 0 Å². The fourth-order valence-electron chi connectivity index (χ4n) is 2.70. The lowest BCUT2D eigenvalue weighted by atomic mass is 9.92. The van der Waals surface area contributed by atoms with Crippen LogP contribution in [0, 0.1) is 23.0 Å². The van der Waals surface area contributed by atoms with E-state index in [-0.39, 0.29) is 5.69 Å². The van der Waals surface area contributed by atoms with Crippen LogP contribution in [-0.2, 0) is 4.79 Å². The summed E-state index contributed by atoms with van der Waals surface area (Å²) in [5.74, 6) is -0.521. The maximum Gasteiger partial charge on any atom is 0.326 e. The van der Waals surface area contributed by atoms with Crippen LogP contribution in [0.2, 0.25) is 0 Å². The number of benzene rings is 1. The Balaban J connectivity index is 2.38. The minimum absolute atomic E-state index is 0.00256. The molecule has 1 N–H and O–H groups in total. The second-order valence-electron chi connectivity index (χ2n) is 5.46. The molecule has 2 unspecified atom stereocenters. The third-order valence-corrected chi connectivity index (χ3v) is 3.74. The van der Waals surface area contributed by atoms with Gasteiger partial charge in [-0.25, -0.2) is 4.79 Å². The van der Waals surface area contributed by atoms with E-state index in [1.165, 1.54) is 12.1 Å². The van der Waals surface area contributed by atoms with Crippen LogP contribution in [0.4, 0.5) is 11.4 Å². The van der Waals surface area contributed by atoms with E-state index in [0.29, 0.717) is 24.6 Å². The Morgan fingerprint density at radius 3 is 2.75 bits per heavy atom. The van der Waals surface area contributed by atoms with E-state index < -0.39 is 16.9 Å². The summed E-state index contributed by atoms with van der Waals surface area (Å²) in [7, 11) is 0. The molecule has 1 aliphatic rings. The van der Waals surface area contributed by atoms with E-state index in [4.69, 9.17) is 0 Å². The van der Waals surface area contributed by atoms with Gasteiger partial charge in [-0.2, -0.15) is 0 Å². The highest BCUT2D eigenvalue weighted by atomic mass is 16.6. The molecule has 6 nitrogen and oxygen atoms in total. The van der Waals surface area contributed by atoms with Gasteiger partial charge in [0.05, 0.1) is 4.92 Å². The SMILES string of the molecule is Cc1cc(N2CCC(C)CC2C(=O)O)cc([N+](=O)[O-])c1. The van der Waals surface area contributed by atoms with Gasteiger partial charge in [-0.05, 0) is 37.3 Å². The number of aryl methyl sites for hydroxylation is 1. The average Bonchev–Trinajstić information content (AvgIpc) is 2.37. The van der Waals surface area contributed by atoms with Crippen LogP contribution in [0.5, 0.6) is 0 Å². The van der Waals surface area contributed by atoms with Crippen molar-refractivity contribution in [3.05, 3.63) is 33.9 Å². The number of piperidine rings is 1. The summed E-state index contributed by atoms with van der Waals surface area (Å²) in [6, 6.07) is 4.14. The number of hydrogen-bond donors (Lipinski definition) is 1. The van der Waals surface area contributed by atoms with Crippen LogP contribution >= 0.6 is 0 Å². The van der Waals surface area contributed by atoms with Crippen molar-refractivity contribution in [2.45, 2.75) is 32.7 Å². The minimum Gasteiger partial charge on any atom is -0.480 e. The van der Waals surface area contributed by atoms with E-state index in [0.717, 1.165) is 12.0 Å². The molecule has 0 aromatic heterocycles. The molecular weight excluding hydrogens is 260 g/mol. The number of carboxylic acid groups (broad SMARTS) is 1. The van der Waals surface area contributed by atoms with Crippen molar-refractivity contribution in [2.24, 2.45) is 5.92 Å². The molecule has 20 heavy (non-hydrogen) atoms. The summed E-state index contributed by atoms with van der Waals surface area (Å²) >= 11 is 0. The fraction of sp³-hybridized carbons (Fsp3) is 0.500. The number of carboxylic acids is 1. The zero-order valence-electron chi connectivity index (χ0n) is 11.6. The Labute approximate surface area is 117 Å². The van der Waals surface area contributed by atoms with Crippen LogP contribution < -0.4 is 4.90 Å². The van der Waals surface area contributed by atoms with Gasteiger partial charge in [-0.1, -0.05) is 6.92 Å². The molecule has 2 atom stereocenters. The normalized spacial score (nSPS) is 22.6. The topological polar surface area (TPSA) is 83.7 Å². The Kier molecular flexibility index (Phi) is 3.92. The van der Waals surface area contributed by atoms with Gasteiger partial charge in [0.25, 0.3) is 5.69 Å². The van der Waals surface area contributed by atoms with Gasteiger partial charge in [0.15, 0.2) is 0 Å². The lowest BCUT2D eigenvalue weighted by Crippen LogP contribution is -2.47. The van der Waals surface area contributed by atoms with Gasteiger partial charge >= 0.3 is 5.97 Å². The fourth-order valence-corrected chi connectivity index (χ4v) is 2.70. The number of nitro benzene ring substituents is 1. The predicted molar refractivity (Wildman–Crippen MR) is 75.0 cm³/mol. The highest BCUT2D eigenvalue weighted by Gasteiger charge is 2.32. The van der Waals surface area contributed by atoms with E-state index in [2.05, 4.69) is 0 Å². The Bertz CT molecular complexity index is 544. The molecule has 0 saturated carbocycles. The predicted octanol–water partition coefficient (Wildman–Crippen LogP) is 2.59. The first kappa shape index (κ1) is 14.3. The summed E-state index contributed by atoms with van der Waals surface area (Å²) in [5, 5.41) is 20.3. The molecule has 108 valence electrons. The van der Waals surface area contributed by atoms with E-state index in [1.807, 2.05) is 6.92 Å². The van der Waals surface area contributed by atoms with Crippen LogP contribution in [0.3, 0.4) is 0 Å². The largest absolute Gasteiger partial charge is 0.480 e. The second kappa shape index (κ2) is 5.48. The monoisotopic (exact) mass is 278 g/mol. The number of carbonyl (C=O) groups is 1. The van der Waals surface area contributed by atoms with Crippen molar-refractivity contribution in [3.63, 3.8) is 0 Å². The van der Waals surface area contributed by atoms with Crippen molar-refractivity contribution in [3.8, 4) is 0 Å². The molecule has 0 bridgehead atoms. The molecule has 1 aliphatic heterocycles. The van der Waals surface area contributed by atoms with Crippen molar-refractivity contribution in [2.75, 3.05) is 11.4 Å². The molecule has 0 spiro atoms. The third kappa shape index (κ3) is 2.89. The molecule has 1 aromatic rings. The molecule has 0 radical (unpaired) electrons. The zero-order chi connectivity index (χ0) is 14.9. The number of anilines is 1. The summed E-state index contributed by atoms with van der Waals surface area (Å²) < 4.78 is 0. The zero-order valence-corrected chi connectivity index (χ0v) is 11.6. The smallest absolute Gasteiger partial charge is 0.326 e. The van der Waals surface area contributed by atoms with E-state index in [1.54, 1.807) is 17.9 Å². The highest BCUT2D eigenvalue weighted by molar-refractivity contribution is 5.79. The molecule has 2 rings (SSSR count). The standard InChI is InChI=1S/C14H18N2O4/c1-9-3-4-15(13(7-9)14(17)18)11-5-10(2)6-12(8-11)16(19)20/h5-6,8-9,13H,3-4,7H2,1-2H3,(H,17,18). The van der Waals surface area contributed by atoms with Gasteiger partial charge in [0.2, 0.25) is 0 Å². The summed E-state index contributed by atoms with van der Waals surface area (Å²) in [4.78, 5) is 23.7. The van der Waals surface area contributed by atoms with Gasteiger partial charge in [0.1, 0.15) is 6.04 Å². The molecule has 1 saturated heterocycles. The Morgan fingerprint density at radius 2 is 2.15 bits per heavy atom. The lowest BCUT2D eigenvalue weighted by Gasteiger charge is -2.37. The van der Waals surface area contributed by atoms with Gasteiger partial charge in [0, 0.05) is 24.4 Å². The number of non-ortho nitro benzene ring substituents is 1. The summed E-state index contributed by atoms with van der Waals surface area (Å²) in [6.07, 6.45) is 1.46. The first-order chi connectivity index (χ1) is 9.38. The number of nitrogens with zero attached hydrogens (tertiary/aromatic N) is 2. The van der Waals surface area contributed by atoms with Gasteiger partial charge < -0.3 is 10.0 Å². The van der Waals surface area contributed by atoms with Crippen LogP contribution in [0.1, 0.15) is 25.3 Å². The van der Waals surface area contributed by atoms with Crippen molar-refractivity contribution < 1.29 is 14.8 Å². The Morgan fingerprint density at radius 1 is 1.45 bits per heavy atom. The molecule has 1 fully saturated rings. The number of nitro groups is 1. The summed E-state index contributed by atoms with van der Waals surface area (Å²) in [5.41, 5.74) is 1.38. The molecule has 0 aliphatic carbocycles.